The van der Waals surface area contributed by atoms with Gasteiger partial charge in [0.15, 0.2) is 0 Å². The minimum absolute atomic E-state index is 0.0801. The molecule has 0 radical (unpaired) electrons. The van der Waals surface area contributed by atoms with Crippen LogP contribution in [0.2, 0.25) is 0 Å². The molecule has 7 heteroatoms. The Hall–Kier alpha value is -2.41. The van der Waals surface area contributed by atoms with Gasteiger partial charge in [0, 0.05) is 30.8 Å². The average Bonchev–Trinajstić information content (AvgIpc) is 3.03. The molecule has 0 aromatic heterocycles. The molecular weight excluding hydrogens is 324 g/mol. The van der Waals surface area contributed by atoms with Gasteiger partial charge in [-0.1, -0.05) is 0 Å². The van der Waals surface area contributed by atoms with Gasteiger partial charge < -0.3 is 20.1 Å². The lowest BCUT2D eigenvalue weighted by Gasteiger charge is -2.27. The van der Waals surface area contributed by atoms with E-state index in [2.05, 4.69) is 5.32 Å². The Kier molecular flexibility index (Phi) is 6.14. The summed E-state index contributed by atoms with van der Waals surface area (Å²) in [5, 5.41) is 11.9. The van der Waals surface area contributed by atoms with Crippen LogP contribution in [0.15, 0.2) is 24.3 Å². The minimum Gasteiger partial charge on any atom is -0.481 e. The number of benzene rings is 1. The molecule has 0 bridgehead atoms. The molecule has 1 aromatic rings. The lowest BCUT2D eigenvalue weighted by molar-refractivity contribution is -0.138. The fraction of sp³-hybridized carbons (Fsp3) is 0.500. The number of hydrogen-bond donors (Lipinski definition) is 2. The van der Waals surface area contributed by atoms with Gasteiger partial charge in [-0.05, 0) is 44.5 Å². The number of carbonyl (C=O) groups is 3. The van der Waals surface area contributed by atoms with E-state index >= 15 is 0 Å². The molecule has 0 saturated carbocycles. The number of rotatable bonds is 7. The highest BCUT2D eigenvalue weighted by Gasteiger charge is 2.38. The van der Waals surface area contributed by atoms with Crippen molar-refractivity contribution in [2.24, 2.45) is 0 Å². The van der Waals surface area contributed by atoms with Gasteiger partial charge in [0.1, 0.15) is 0 Å². The van der Waals surface area contributed by atoms with Crippen molar-refractivity contribution in [2.45, 2.75) is 32.2 Å². The summed E-state index contributed by atoms with van der Waals surface area (Å²) in [6.07, 6.45) is 0.279. The third kappa shape index (κ3) is 4.57. The van der Waals surface area contributed by atoms with E-state index in [4.69, 9.17) is 9.84 Å². The summed E-state index contributed by atoms with van der Waals surface area (Å²) in [6.45, 7) is 5.67. The molecule has 0 aliphatic carbocycles. The molecule has 1 unspecified atom stereocenters. The van der Waals surface area contributed by atoms with Gasteiger partial charge in [-0.2, -0.15) is 0 Å². The van der Waals surface area contributed by atoms with Crippen molar-refractivity contribution in [3.63, 3.8) is 0 Å². The number of ether oxygens (including phenoxy) is 1. The first-order valence-electron chi connectivity index (χ1n) is 8.42. The molecule has 1 saturated heterocycles. The highest BCUT2D eigenvalue weighted by Crippen LogP contribution is 2.23. The summed E-state index contributed by atoms with van der Waals surface area (Å²) in [6, 6.07) is 6.39. The van der Waals surface area contributed by atoms with E-state index in [1.54, 1.807) is 29.2 Å². The second-order valence-corrected chi connectivity index (χ2v) is 6.16. The maximum Gasteiger partial charge on any atom is 0.305 e. The SMILES string of the molecule is CCN(CC)C(=O)c1ccc(C(=O)NC2(CC(=O)O)CCOC2)cc1. The second-order valence-electron chi connectivity index (χ2n) is 6.16. The Morgan fingerprint density at radius 3 is 2.24 bits per heavy atom. The lowest BCUT2D eigenvalue weighted by atomic mass is 9.93. The van der Waals surface area contributed by atoms with Crippen LogP contribution in [0, 0.1) is 0 Å². The van der Waals surface area contributed by atoms with Crippen LogP contribution in [0.5, 0.6) is 0 Å². The predicted molar refractivity (Wildman–Crippen MR) is 91.6 cm³/mol. The van der Waals surface area contributed by atoms with E-state index in [-0.39, 0.29) is 24.8 Å². The first-order chi connectivity index (χ1) is 11.9. The van der Waals surface area contributed by atoms with Gasteiger partial charge in [-0.15, -0.1) is 0 Å². The number of carboxylic acids is 1. The molecule has 25 heavy (non-hydrogen) atoms. The summed E-state index contributed by atoms with van der Waals surface area (Å²) in [4.78, 5) is 37.5. The third-order valence-corrected chi connectivity index (χ3v) is 4.42. The van der Waals surface area contributed by atoms with Gasteiger partial charge in [0.2, 0.25) is 0 Å². The van der Waals surface area contributed by atoms with E-state index < -0.39 is 11.5 Å². The molecule has 2 N–H and O–H groups in total. The van der Waals surface area contributed by atoms with Crippen LogP contribution in [0.4, 0.5) is 0 Å². The second kappa shape index (κ2) is 8.11. The molecule has 1 atom stereocenters. The van der Waals surface area contributed by atoms with Gasteiger partial charge in [0.25, 0.3) is 11.8 Å². The Bertz CT molecular complexity index is 631. The summed E-state index contributed by atoms with van der Waals surface area (Å²) in [5.74, 6) is -1.43. The van der Waals surface area contributed by atoms with Crippen molar-refractivity contribution in [1.29, 1.82) is 0 Å². The topological polar surface area (TPSA) is 95.9 Å². The monoisotopic (exact) mass is 348 g/mol. The molecule has 1 heterocycles. The molecule has 136 valence electrons. The van der Waals surface area contributed by atoms with Crippen LogP contribution in [-0.2, 0) is 9.53 Å². The van der Waals surface area contributed by atoms with Gasteiger partial charge >= 0.3 is 5.97 Å². The number of carboxylic acid groups (broad SMARTS) is 1. The van der Waals surface area contributed by atoms with Crippen LogP contribution >= 0.6 is 0 Å². The van der Waals surface area contributed by atoms with Crippen LogP contribution < -0.4 is 5.32 Å². The number of hydrogen-bond acceptors (Lipinski definition) is 4. The predicted octanol–water partition coefficient (Wildman–Crippen LogP) is 1.53. The van der Waals surface area contributed by atoms with Crippen LogP contribution in [0.1, 0.15) is 47.4 Å². The van der Waals surface area contributed by atoms with E-state index in [1.165, 1.54) is 0 Å². The molecular formula is C18H24N2O5. The molecule has 2 rings (SSSR count). The summed E-state index contributed by atoms with van der Waals surface area (Å²) >= 11 is 0. The van der Waals surface area contributed by atoms with Crippen LogP contribution in [0.25, 0.3) is 0 Å². The number of amides is 2. The van der Waals surface area contributed by atoms with Crippen LogP contribution in [0.3, 0.4) is 0 Å². The minimum atomic E-state index is -0.981. The number of aliphatic carboxylic acids is 1. The largest absolute Gasteiger partial charge is 0.481 e. The fourth-order valence-electron chi connectivity index (χ4n) is 2.95. The Morgan fingerprint density at radius 1 is 1.16 bits per heavy atom. The first-order valence-corrected chi connectivity index (χ1v) is 8.42. The number of nitrogens with one attached hydrogen (secondary N) is 1. The van der Waals surface area contributed by atoms with E-state index in [0.29, 0.717) is 37.2 Å². The van der Waals surface area contributed by atoms with Gasteiger partial charge in [-0.3, -0.25) is 14.4 Å². The van der Waals surface area contributed by atoms with Crippen LogP contribution in [-0.4, -0.2) is 59.6 Å². The maximum absolute atomic E-state index is 12.5. The zero-order valence-corrected chi connectivity index (χ0v) is 14.6. The van der Waals surface area contributed by atoms with Gasteiger partial charge in [0.05, 0.1) is 18.6 Å². The zero-order chi connectivity index (χ0) is 18.4. The summed E-state index contributed by atoms with van der Waals surface area (Å²) in [5.41, 5.74) is 0.0241. The lowest BCUT2D eigenvalue weighted by Crippen LogP contribution is -2.50. The van der Waals surface area contributed by atoms with Crippen molar-refractivity contribution < 1.29 is 24.2 Å². The summed E-state index contributed by atoms with van der Waals surface area (Å²) in [7, 11) is 0. The first kappa shape index (κ1) is 18.9. The molecule has 1 aliphatic rings. The Balaban J connectivity index is 2.09. The number of nitrogens with zero attached hydrogens (tertiary/aromatic N) is 1. The van der Waals surface area contributed by atoms with Crippen molar-refractivity contribution in [3.05, 3.63) is 35.4 Å². The van der Waals surface area contributed by atoms with Crippen molar-refractivity contribution in [3.8, 4) is 0 Å². The van der Waals surface area contributed by atoms with Crippen molar-refractivity contribution >= 4 is 17.8 Å². The zero-order valence-electron chi connectivity index (χ0n) is 14.6. The quantitative estimate of drug-likeness (QED) is 0.779. The highest BCUT2D eigenvalue weighted by molar-refractivity contribution is 5.98. The standard InChI is InChI=1S/C18H24N2O5/c1-3-20(4-2)17(24)14-7-5-13(6-8-14)16(23)19-18(11-15(21)22)9-10-25-12-18/h5-8H,3-4,9-12H2,1-2H3,(H,19,23)(H,21,22). The molecule has 1 fully saturated rings. The van der Waals surface area contributed by atoms with E-state index in [0.717, 1.165) is 0 Å². The Morgan fingerprint density at radius 2 is 1.76 bits per heavy atom. The maximum atomic E-state index is 12.5. The van der Waals surface area contributed by atoms with E-state index in [1.807, 2.05) is 13.8 Å². The normalized spacial score (nSPS) is 19.4. The molecule has 0 spiro atoms. The van der Waals surface area contributed by atoms with Gasteiger partial charge in [-0.25, -0.2) is 0 Å². The highest BCUT2D eigenvalue weighted by atomic mass is 16.5. The molecule has 1 aliphatic heterocycles. The molecule has 7 nitrogen and oxygen atoms in total. The van der Waals surface area contributed by atoms with Crippen molar-refractivity contribution in [1.82, 2.24) is 10.2 Å². The molecule has 2 amide bonds. The third-order valence-electron chi connectivity index (χ3n) is 4.42. The Labute approximate surface area is 147 Å². The fourth-order valence-corrected chi connectivity index (χ4v) is 2.95. The molecule has 1 aromatic carbocycles. The van der Waals surface area contributed by atoms with E-state index in [9.17, 15) is 14.4 Å². The average molecular weight is 348 g/mol. The number of carbonyl (C=O) groups excluding carboxylic acids is 2. The smallest absolute Gasteiger partial charge is 0.305 e. The van der Waals surface area contributed by atoms with Crippen molar-refractivity contribution in [2.75, 3.05) is 26.3 Å². The summed E-state index contributed by atoms with van der Waals surface area (Å²) < 4.78 is 5.27.